The molecule has 1 heterocycles. The molecule has 0 fully saturated rings. The molecule has 2 heteroatoms. The standard InChI is InChI=1S/C9H12N2/c1-2-5-9(6-3-1)11-8-4-7-10-11/h2,4-5,7-9H,1,3,6H2. The van der Waals surface area contributed by atoms with Gasteiger partial charge in [0.05, 0.1) is 6.04 Å². The summed E-state index contributed by atoms with van der Waals surface area (Å²) in [5, 5.41) is 4.21. The minimum absolute atomic E-state index is 0.513. The van der Waals surface area contributed by atoms with Crippen molar-refractivity contribution in [2.75, 3.05) is 0 Å². The van der Waals surface area contributed by atoms with E-state index in [-0.39, 0.29) is 0 Å². The van der Waals surface area contributed by atoms with Gasteiger partial charge >= 0.3 is 0 Å². The van der Waals surface area contributed by atoms with Crippen LogP contribution in [0.3, 0.4) is 0 Å². The van der Waals surface area contributed by atoms with Gasteiger partial charge in [-0.05, 0) is 25.3 Å². The summed E-state index contributed by atoms with van der Waals surface area (Å²) in [7, 11) is 0. The van der Waals surface area contributed by atoms with Crippen molar-refractivity contribution in [1.82, 2.24) is 9.78 Å². The molecule has 0 amide bonds. The molecule has 1 atom stereocenters. The number of aromatic nitrogens is 2. The number of hydrogen-bond donors (Lipinski definition) is 0. The Morgan fingerprint density at radius 2 is 2.45 bits per heavy atom. The highest BCUT2D eigenvalue weighted by Crippen LogP contribution is 2.20. The summed E-state index contributed by atoms with van der Waals surface area (Å²) < 4.78 is 2.02. The van der Waals surface area contributed by atoms with E-state index in [0.29, 0.717) is 6.04 Å². The van der Waals surface area contributed by atoms with Gasteiger partial charge in [-0.3, -0.25) is 4.68 Å². The number of hydrogen-bond acceptors (Lipinski definition) is 1. The molecule has 11 heavy (non-hydrogen) atoms. The van der Waals surface area contributed by atoms with Crippen LogP contribution in [0.15, 0.2) is 30.6 Å². The van der Waals surface area contributed by atoms with Crippen molar-refractivity contribution in [3.8, 4) is 0 Å². The fourth-order valence-corrected chi connectivity index (χ4v) is 1.49. The highest BCUT2D eigenvalue weighted by Gasteiger charge is 2.08. The summed E-state index contributed by atoms with van der Waals surface area (Å²) in [5.74, 6) is 0. The van der Waals surface area contributed by atoms with Gasteiger partial charge in [-0.15, -0.1) is 0 Å². The summed E-state index contributed by atoms with van der Waals surface area (Å²) in [5.41, 5.74) is 0. The predicted molar refractivity (Wildman–Crippen MR) is 44.3 cm³/mol. The molecular formula is C9H12N2. The minimum atomic E-state index is 0.513. The molecule has 2 nitrogen and oxygen atoms in total. The Labute approximate surface area is 66.5 Å². The molecule has 0 spiro atoms. The van der Waals surface area contributed by atoms with Gasteiger partial charge in [0.1, 0.15) is 0 Å². The van der Waals surface area contributed by atoms with E-state index in [1.165, 1.54) is 19.3 Å². The van der Waals surface area contributed by atoms with E-state index in [4.69, 9.17) is 0 Å². The predicted octanol–water partition coefficient (Wildman–Crippen LogP) is 2.16. The van der Waals surface area contributed by atoms with Crippen molar-refractivity contribution in [3.05, 3.63) is 30.6 Å². The highest BCUT2D eigenvalue weighted by atomic mass is 15.3. The zero-order valence-electron chi connectivity index (χ0n) is 6.48. The molecule has 0 saturated heterocycles. The second kappa shape index (κ2) is 2.91. The van der Waals surface area contributed by atoms with Crippen molar-refractivity contribution < 1.29 is 0 Å². The van der Waals surface area contributed by atoms with Crippen molar-refractivity contribution in [1.29, 1.82) is 0 Å². The minimum Gasteiger partial charge on any atom is -0.266 e. The van der Waals surface area contributed by atoms with Crippen LogP contribution in [0.25, 0.3) is 0 Å². The first-order valence-corrected chi connectivity index (χ1v) is 4.12. The smallest absolute Gasteiger partial charge is 0.0699 e. The van der Waals surface area contributed by atoms with Crippen LogP contribution in [0.1, 0.15) is 25.3 Å². The first-order chi connectivity index (χ1) is 5.47. The van der Waals surface area contributed by atoms with Gasteiger partial charge in [-0.2, -0.15) is 5.10 Å². The van der Waals surface area contributed by atoms with E-state index in [1.54, 1.807) is 0 Å². The highest BCUT2D eigenvalue weighted by molar-refractivity contribution is 4.97. The zero-order chi connectivity index (χ0) is 7.52. The van der Waals surface area contributed by atoms with Crippen LogP contribution in [0.5, 0.6) is 0 Å². The fraction of sp³-hybridized carbons (Fsp3) is 0.444. The maximum atomic E-state index is 4.21. The Bertz CT molecular complexity index is 236. The third kappa shape index (κ3) is 1.34. The molecular weight excluding hydrogens is 136 g/mol. The van der Waals surface area contributed by atoms with Crippen LogP contribution >= 0.6 is 0 Å². The van der Waals surface area contributed by atoms with E-state index in [0.717, 1.165) is 0 Å². The van der Waals surface area contributed by atoms with Gasteiger partial charge in [-0.25, -0.2) is 0 Å². The molecule has 2 rings (SSSR count). The second-order valence-electron chi connectivity index (χ2n) is 2.91. The summed E-state index contributed by atoms with van der Waals surface area (Å²) in [6, 6.07) is 2.49. The molecule has 0 radical (unpaired) electrons. The van der Waals surface area contributed by atoms with Crippen LogP contribution in [0.2, 0.25) is 0 Å². The average molecular weight is 148 g/mol. The molecule has 0 saturated carbocycles. The summed E-state index contributed by atoms with van der Waals surface area (Å²) in [4.78, 5) is 0. The number of allylic oxidation sites excluding steroid dienone is 2. The lowest BCUT2D eigenvalue weighted by molar-refractivity contribution is 0.474. The van der Waals surface area contributed by atoms with E-state index >= 15 is 0 Å². The lowest BCUT2D eigenvalue weighted by Gasteiger charge is -2.16. The Hall–Kier alpha value is -1.05. The van der Waals surface area contributed by atoms with E-state index in [9.17, 15) is 0 Å². The van der Waals surface area contributed by atoms with Gasteiger partial charge in [0.25, 0.3) is 0 Å². The van der Waals surface area contributed by atoms with Gasteiger partial charge in [0.2, 0.25) is 0 Å². The molecule has 1 aromatic rings. The molecule has 0 aromatic carbocycles. The Morgan fingerprint density at radius 3 is 3.09 bits per heavy atom. The van der Waals surface area contributed by atoms with E-state index < -0.39 is 0 Å². The molecule has 0 aliphatic heterocycles. The molecule has 0 bridgehead atoms. The van der Waals surface area contributed by atoms with Gasteiger partial charge in [-0.1, -0.05) is 12.2 Å². The van der Waals surface area contributed by atoms with Crippen molar-refractivity contribution in [2.24, 2.45) is 0 Å². The quantitative estimate of drug-likeness (QED) is 0.558. The van der Waals surface area contributed by atoms with E-state index in [1.807, 2.05) is 23.1 Å². The second-order valence-corrected chi connectivity index (χ2v) is 2.91. The van der Waals surface area contributed by atoms with Crippen LogP contribution in [0.4, 0.5) is 0 Å². The van der Waals surface area contributed by atoms with Gasteiger partial charge < -0.3 is 0 Å². The first-order valence-electron chi connectivity index (χ1n) is 4.12. The van der Waals surface area contributed by atoms with Crippen LogP contribution in [-0.2, 0) is 0 Å². The Balaban J connectivity index is 2.16. The first kappa shape index (κ1) is 6.65. The monoisotopic (exact) mass is 148 g/mol. The van der Waals surface area contributed by atoms with Gasteiger partial charge in [0, 0.05) is 12.4 Å². The Morgan fingerprint density at radius 1 is 1.45 bits per heavy atom. The number of rotatable bonds is 1. The normalized spacial score (nSPS) is 23.8. The third-order valence-corrected chi connectivity index (χ3v) is 2.09. The van der Waals surface area contributed by atoms with Crippen LogP contribution in [-0.4, -0.2) is 9.78 Å². The maximum absolute atomic E-state index is 4.21. The molecule has 1 aromatic heterocycles. The van der Waals surface area contributed by atoms with Crippen molar-refractivity contribution >= 4 is 0 Å². The van der Waals surface area contributed by atoms with E-state index in [2.05, 4.69) is 17.3 Å². The lowest BCUT2D eigenvalue weighted by Crippen LogP contribution is -2.08. The summed E-state index contributed by atoms with van der Waals surface area (Å²) >= 11 is 0. The molecule has 1 aliphatic rings. The largest absolute Gasteiger partial charge is 0.266 e. The fourth-order valence-electron chi connectivity index (χ4n) is 1.49. The van der Waals surface area contributed by atoms with Gasteiger partial charge in [0.15, 0.2) is 0 Å². The summed E-state index contributed by atoms with van der Waals surface area (Å²) in [6.45, 7) is 0. The van der Waals surface area contributed by atoms with Crippen LogP contribution in [0, 0.1) is 0 Å². The maximum Gasteiger partial charge on any atom is 0.0699 e. The molecule has 1 unspecified atom stereocenters. The SMILES string of the molecule is C1=CC(n2cccn2)CCC1. The van der Waals surface area contributed by atoms with Crippen molar-refractivity contribution in [2.45, 2.75) is 25.3 Å². The third-order valence-electron chi connectivity index (χ3n) is 2.09. The lowest BCUT2D eigenvalue weighted by atomic mass is 10.0. The Kier molecular flexibility index (Phi) is 1.76. The molecule has 1 aliphatic carbocycles. The van der Waals surface area contributed by atoms with Crippen LogP contribution < -0.4 is 0 Å². The molecule has 0 N–H and O–H groups in total. The topological polar surface area (TPSA) is 17.8 Å². The average Bonchev–Trinajstić information content (AvgIpc) is 2.58. The summed E-state index contributed by atoms with van der Waals surface area (Å²) in [6.07, 6.45) is 12.1. The zero-order valence-corrected chi connectivity index (χ0v) is 6.48. The molecule has 58 valence electrons. The van der Waals surface area contributed by atoms with Crippen molar-refractivity contribution in [3.63, 3.8) is 0 Å². The number of nitrogens with zero attached hydrogens (tertiary/aromatic N) is 2.